The maximum Gasteiger partial charge on any atom is 0.318 e. The maximum atomic E-state index is 12.7. The molecule has 3 aromatic rings. The van der Waals surface area contributed by atoms with Crippen LogP contribution in [0.1, 0.15) is 11.1 Å². The van der Waals surface area contributed by atoms with Crippen LogP contribution in [-0.2, 0) is 15.8 Å². The second kappa shape index (κ2) is 7.73. The lowest BCUT2D eigenvalue weighted by molar-refractivity contribution is 0.372. The normalized spacial score (nSPS) is 15.7. The first-order chi connectivity index (χ1) is 13.5. The number of nitrogens with zero attached hydrogens (tertiary/aromatic N) is 4. The summed E-state index contributed by atoms with van der Waals surface area (Å²) in [7, 11) is -3.35. The zero-order valence-corrected chi connectivity index (χ0v) is 16.5. The summed E-state index contributed by atoms with van der Waals surface area (Å²) in [6.07, 6.45) is 0. The smallest absolute Gasteiger partial charge is 0.318 e. The van der Waals surface area contributed by atoms with Crippen LogP contribution in [-0.4, -0.2) is 49.1 Å². The van der Waals surface area contributed by atoms with Crippen molar-refractivity contribution in [3.05, 3.63) is 65.7 Å². The van der Waals surface area contributed by atoms with Crippen LogP contribution in [0.25, 0.3) is 11.5 Å². The number of piperazine rings is 1. The predicted molar refractivity (Wildman–Crippen MR) is 107 cm³/mol. The molecular weight excluding hydrogens is 376 g/mol. The van der Waals surface area contributed by atoms with Gasteiger partial charge in [-0.3, -0.25) is 0 Å². The van der Waals surface area contributed by atoms with Gasteiger partial charge in [-0.25, -0.2) is 8.42 Å². The molecule has 0 amide bonds. The van der Waals surface area contributed by atoms with E-state index in [1.54, 1.807) is 0 Å². The first-order valence-corrected chi connectivity index (χ1v) is 10.8. The fourth-order valence-corrected chi connectivity index (χ4v) is 4.70. The van der Waals surface area contributed by atoms with E-state index in [1.165, 1.54) is 4.31 Å². The van der Waals surface area contributed by atoms with Crippen molar-refractivity contribution in [2.24, 2.45) is 0 Å². The van der Waals surface area contributed by atoms with Crippen LogP contribution >= 0.6 is 0 Å². The zero-order valence-electron chi connectivity index (χ0n) is 15.7. The van der Waals surface area contributed by atoms with Crippen molar-refractivity contribution in [1.29, 1.82) is 0 Å². The fraction of sp³-hybridized carbons (Fsp3) is 0.300. The molecule has 1 aliphatic rings. The highest BCUT2D eigenvalue weighted by atomic mass is 32.2. The number of hydrogen-bond donors (Lipinski definition) is 0. The molecule has 0 aliphatic carbocycles. The molecule has 1 saturated heterocycles. The summed E-state index contributed by atoms with van der Waals surface area (Å²) in [5.41, 5.74) is 2.78. The summed E-state index contributed by atoms with van der Waals surface area (Å²) in [5.74, 6) is 0.483. The summed E-state index contributed by atoms with van der Waals surface area (Å²) in [5, 5.41) is 8.22. The molecule has 1 aromatic heterocycles. The Balaban J connectivity index is 1.39. The third kappa shape index (κ3) is 4.07. The van der Waals surface area contributed by atoms with Crippen LogP contribution < -0.4 is 4.90 Å². The van der Waals surface area contributed by atoms with Gasteiger partial charge in [-0.15, -0.1) is 5.10 Å². The van der Waals surface area contributed by atoms with Gasteiger partial charge in [0.05, 0.1) is 5.75 Å². The SMILES string of the molecule is Cc1ccc(CS(=O)(=O)N2CCN(c3nnc(-c4ccccc4)o3)CC2)cc1. The quantitative estimate of drug-likeness (QED) is 0.657. The number of aromatic nitrogens is 2. The van der Waals surface area contributed by atoms with Gasteiger partial charge in [0.15, 0.2) is 0 Å². The van der Waals surface area contributed by atoms with Gasteiger partial charge in [0, 0.05) is 31.7 Å². The lowest BCUT2D eigenvalue weighted by atomic mass is 10.2. The minimum atomic E-state index is -3.35. The average Bonchev–Trinajstić information content (AvgIpc) is 3.21. The van der Waals surface area contributed by atoms with E-state index >= 15 is 0 Å². The first-order valence-electron chi connectivity index (χ1n) is 9.18. The monoisotopic (exact) mass is 398 g/mol. The highest BCUT2D eigenvalue weighted by Gasteiger charge is 2.29. The number of hydrogen-bond acceptors (Lipinski definition) is 6. The van der Waals surface area contributed by atoms with Crippen molar-refractivity contribution in [2.45, 2.75) is 12.7 Å². The maximum absolute atomic E-state index is 12.7. The van der Waals surface area contributed by atoms with Crippen molar-refractivity contribution in [3.8, 4) is 11.5 Å². The fourth-order valence-electron chi connectivity index (χ4n) is 3.18. The van der Waals surface area contributed by atoms with Crippen molar-refractivity contribution in [2.75, 3.05) is 31.1 Å². The number of rotatable bonds is 5. The Morgan fingerprint density at radius 2 is 1.61 bits per heavy atom. The van der Waals surface area contributed by atoms with Gasteiger partial charge in [0.25, 0.3) is 0 Å². The van der Waals surface area contributed by atoms with Gasteiger partial charge < -0.3 is 9.32 Å². The van der Waals surface area contributed by atoms with Crippen molar-refractivity contribution < 1.29 is 12.8 Å². The molecule has 0 saturated carbocycles. The van der Waals surface area contributed by atoms with Crippen LogP contribution in [0.2, 0.25) is 0 Å². The molecule has 7 nitrogen and oxygen atoms in total. The average molecular weight is 398 g/mol. The molecule has 0 spiro atoms. The lowest BCUT2D eigenvalue weighted by Crippen LogP contribution is -2.49. The molecule has 1 fully saturated rings. The minimum absolute atomic E-state index is 0.0198. The third-order valence-electron chi connectivity index (χ3n) is 4.81. The van der Waals surface area contributed by atoms with E-state index in [0.29, 0.717) is 38.1 Å². The second-order valence-electron chi connectivity index (χ2n) is 6.88. The molecule has 2 heterocycles. The molecule has 0 unspecified atom stereocenters. The van der Waals surface area contributed by atoms with E-state index in [9.17, 15) is 8.42 Å². The second-order valence-corrected chi connectivity index (χ2v) is 8.85. The van der Waals surface area contributed by atoms with Crippen molar-refractivity contribution in [3.63, 3.8) is 0 Å². The Morgan fingerprint density at radius 1 is 0.929 bits per heavy atom. The van der Waals surface area contributed by atoms with E-state index < -0.39 is 10.0 Å². The Hall–Kier alpha value is -2.71. The first kappa shape index (κ1) is 18.6. The van der Waals surface area contributed by atoms with E-state index in [-0.39, 0.29) is 5.75 Å². The Labute approximate surface area is 164 Å². The highest BCUT2D eigenvalue weighted by Crippen LogP contribution is 2.23. The standard InChI is InChI=1S/C20H22N4O3S/c1-16-7-9-17(10-8-16)15-28(25,26)24-13-11-23(12-14-24)20-22-21-19(27-20)18-5-3-2-4-6-18/h2-10H,11-15H2,1H3. The number of aryl methyl sites for hydroxylation is 1. The molecule has 2 aromatic carbocycles. The molecule has 4 rings (SSSR count). The summed E-state index contributed by atoms with van der Waals surface area (Å²) in [6, 6.07) is 17.6. The largest absolute Gasteiger partial charge is 0.403 e. The molecule has 0 atom stereocenters. The van der Waals surface area contributed by atoms with Crippen LogP contribution in [0, 0.1) is 6.92 Å². The van der Waals surface area contributed by atoms with Crippen LogP contribution in [0.3, 0.4) is 0 Å². The number of benzene rings is 2. The van der Waals surface area contributed by atoms with Crippen LogP contribution in [0.5, 0.6) is 0 Å². The summed E-state index contributed by atoms with van der Waals surface area (Å²) in [4.78, 5) is 1.93. The van der Waals surface area contributed by atoms with Gasteiger partial charge in [-0.1, -0.05) is 53.1 Å². The van der Waals surface area contributed by atoms with Crippen molar-refractivity contribution in [1.82, 2.24) is 14.5 Å². The number of sulfonamides is 1. The number of anilines is 1. The Kier molecular flexibility index (Phi) is 5.15. The molecular formula is C20H22N4O3S. The van der Waals surface area contributed by atoms with E-state index in [4.69, 9.17) is 4.42 Å². The van der Waals surface area contributed by atoms with Gasteiger partial charge in [-0.05, 0) is 24.6 Å². The molecule has 0 bridgehead atoms. The van der Waals surface area contributed by atoms with Gasteiger partial charge in [-0.2, -0.15) is 4.31 Å². The zero-order chi connectivity index (χ0) is 19.6. The molecule has 0 N–H and O–H groups in total. The molecule has 28 heavy (non-hydrogen) atoms. The Morgan fingerprint density at radius 3 is 2.29 bits per heavy atom. The minimum Gasteiger partial charge on any atom is -0.403 e. The predicted octanol–water partition coefficient (Wildman–Crippen LogP) is 2.70. The van der Waals surface area contributed by atoms with E-state index in [1.807, 2.05) is 66.4 Å². The van der Waals surface area contributed by atoms with E-state index in [2.05, 4.69) is 10.2 Å². The molecule has 146 valence electrons. The van der Waals surface area contributed by atoms with Gasteiger partial charge in [0.1, 0.15) is 0 Å². The molecule has 0 radical (unpaired) electrons. The Bertz CT molecular complexity index is 1020. The van der Waals surface area contributed by atoms with Crippen LogP contribution in [0.15, 0.2) is 59.0 Å². The summed E-state index contributed by atoms with van der Waals surface area (Å²) in [6.45, 7) is 3.82. The van der Waals surface area contributed by atoms with E-state index in [0.717, 1.165) is 16.7 Å². The van der Waals surface area contributed by atoms with Gasteiger partial charge >= 0.3 is 6.01 Å². The summed E-state index contributed by atoms with van der Waals surface area (Å²) >= 11 is 0. The van der Waals surface area contributed by atoms with Crippen LogP contribution in [0.4, 0.5) is 6.01 Å². The lowest BCUT2D eigenvalue weighted by Gasteiger charge is -2.32. The third-order valence-corrected chi connectivity index (χ3v) is 6.66. The summed E-state index contributed by atoms with van der Waals surface area (Å²) < 4.78 is 32.8. The van der Waals surface area contributed by atoms with Crippen molar-refractivity contribution >= 4 is 16.0 Å². The highest BCUT2D eigenvalue weighted by molar-refractivity contribution is 7.88. The van der Waals surface area contributed by atoms with Gasteiger partial charge in [0.2, 0.25) is 15.9 Å². The molecule has 8 heteroatoms. The molecule has 1 aliphatic heterocycles. The topological polar surface area (TPSA) is 79.5 Å².